The van der Waals surface area contributed by atoms with Crippen LogP contribution in [0.5, 0.6) is 5.75 Å². The number of carbonyl (C=O) groups excluding carboxylic acids is 1. The Hall–Kier alpha value is -2.08. The molecule has 106 valence electrons. The highest BCUT2D eigenvalue weighted by Crippen LogP contribution is 2.33. The maximum Gasteiger partial charge on any atom is 0.410 e. The van der Waals surface area contributed by atoms with Crippen molar-refractivity contribution in [1.82, 2.24) is 9.97 Å². The second-order valence-corrected chi connectivity index (χ2v) is 5.31. The number of aromatic nitrogens is 2. The number of nitrogens with two attached hydrogens (primary N) is 2. The van der Waals surface area contributed by atoms with E-state index >= 15 is 0 Å². The summed E-state index contributed by atoms with van der Waals surface area (Å²) in [6, 6.07) is 5.71. The average molecular weight is 274 g/mol. The van der Waals surface area contributed by atoms with Crippen LogP contribution in [0.3, 0.4) is 0 Å². The van der Waals surface area contributed by atoms with Gasteiger partial charge in [0.1, 0.15) is 11.3 Å². The molecule has 0 atom stereocenters. The van der Waals surface area contributed by atoms with E-state index in [2.05, 4.69) is 9.97 Å². The van der Waals surface area contributed by atoms with Crippen LogP contribution in [0.25, 0.3) is 11.0 Å². The van der Waals surface area contributed by atoms with Crippen LogP contribution in [0.1, 0.15) is 37.4 Å². The van der Waals surface area contributed by atoms with Crippen molar-refractivity contribution >= 4 is 17.1 Å². The van der Waals surface area contributed by atoms with E-state index in [0.29, 0.717) is 23.2 Å². The number of para-hydroxylation sites is 1. The fraction of sp³-hybridized carbons (Fsp3) is 0.429. The van der Waals surface area contributed by atoms with E-state index in [-0.39, 0.29) is 0 Å². The number of carbonyl (C=O) groups is 1. The number of imidazole rings is 1. The lowest BCUT2D eigenvalue weighted by molar-refractivity contribution is 0.211. The molecule has 0 spiro atoms. The Kier molecular flexibility index (Phi) is 3.31. The number of fused-ring (bicyclic) bond motifs is 1. The quantitative estimate of drug-likeness (QED) is 0.778. The van der Waals surface area contributed by atoms with Gasteiger partial charge in [-0.15, -0.1) is 0 Å². The first-order valence-electron chi connectivity index (χ1n) is 6.85. The number of amides is 1. The first kappa shape index (κ1) is 12.9. The molecule has 20 heavy (non-hydrogen) atoms. The van der Waals surface area contributed by atoms with Gasteiger partial charge >= 0.3 is 6.09 Å². The summed E-state index contributed by atoms with van der Waals surface area (Å²) in [5.41, 5.74) is 12.5. The number of nitrogens with zero attached hydrogens (tertiary/aromatic N) is 1. The monoisotopic (exact) mass is 274 g/mol. The van der Waals surface area contributed by atoms with Gasteiger partial charge in [0.05, 0.1) is 5.52 Å². The summed E-state index contributed by atoms with van der Waals surface area (Å²) in [4.78, 5) is 18.8. The van der Waals surface area contributed by atoms with Gasteiger partial charge in [-0.05, 0) is 37.8 Å². The van der Waals surface area contributed by atoms with Gasteiger partial charge in [0.25, 0.3) is 0 Å². The highest BCUT2D eigenvalue weighted by atomic mass is 16.5. The van der Waals surface area contributed by atoms with Crippen molar-refractivity contribution < 1.29 is 9.53 Å². The summed E-state index contributed by atoms with van der Waals surface area (Å²) in [6.07, 6.45) is 3.28. The highest BCUT2D eigenvalue weighted by molar-refractivity contribution is 5.84. The third kappa shape index (κ3) is 2.46. The third-order valence-electron chi connectivity index (χ3n) is 3.86. The van der Waals surface area contributed by atoms with Crippen molar-refractivity contribution in [2.75, 3.05) is 0 Å². The fourth-order valence-electron chi connectivity index (χ4n) is 2.80. The Morgan fingerprint density at radius 1 is 1.30 bits per heavy atom. The largest absolute Gasteiger partial charge is 0.410 e. The minimum atomic E-state index is -0.828. The van der Waals surface area contributed by atoms with Crippen LogP contribution in [0, 0.1) is 0 Å². The molecule has 1 aromatic heterocycles. The van der Waals surface area contributed by atoms with Crippen LogP contribution in [-0.4, -0.2) is 22.1 Å². The van der Waals surface area contributed by atoms with Crippen molar-refractivity contribution in [1.29, 1.82) is 0 Å². The smallest absolute Gasteiger partial charge is 0.408 e. The van der Waals surface area contributed by atoms with Crippen LogP contribution in [0.15, 0.2) is 18.2 Å². The van der Waals surface area contributed by atoms with E-state index in [1.54, 1.807) is 12.1 Å². The number of rotatable bonds is 2. The van der Waals surface area contributed by atoms with Gasteiger partial charge in [-0.1, -0.05) is 6.07 Å². The lowest BCUT2D eigenvalue weighted by atomic mass is 9.86. The van der Waals surface area contributed by atoms with Gasteiger partial charge in [-0.25, -0.2) is 9.78 Å². The molecule has 1 aromatic carbocycles. The number of aromatic amines is 1. The molecule has 0 aliphatic heterocycles. The number of hydrogen-bond donors (Lipinski definition) is 3. The molecule has 0 saturated heterocycles. The molecular weight excluding hydrogens is 256 g/mol. The molecule has 3 rings (SSSR count). The molecule has 1 heterocycles. The average Bonchev–Trinajstić information content (AvgIpc) is 2.84. The van der Waals surface area contributed by atoms with Crippen LogP contribution in [-0.2, 0) is 0 Å². The van der Waals surface area contributed by atoms with E-state index in [0.717, 1.165) is 37.0 Å². The van der Waals surface area contributed by atoms with Gasteiger partial charge in [-0.3, -0.25) is 0 Å². The predicted molar refractivity (Wildman–Crippen MR) is 75.5 cm³/mol. The van der Waals surface area contributed by atoms with Crippen molar-refractivity contribution in [2.45, 2.75) is 37.6 Å². The number of benzene rings is 1. The molecule has 0 unspecified atom stereocenters. The van der Waals surface area contributed by atoms with Gasteiger partial charge in [0.15, 0.2) is 5.75 Å². The molecular formula is C14H18N4O2. The lowest BCUT2D eigenvalue weighted by Crippen LogP contribution is -2.26. The summed E-state index contributed by atoms with van der Waals surface area (Å²) >= 11 is 0. The molecule has 0 bridgehead atoms. The van der Waals surface area contributed by atoms with Crippen molar-refractivity contribution in [3.05, 3.63) is 24.0 Å². The zero-order chi connectivity index (χ0) is 14.1. The van der Waals surface area contributed by atoms with E-state index < -0.39 is 6.09 Å². The Labute approximate surface area is 116 Å². The third-order valence-corrected chi connectivity index (χ3v) is 3.86. The molecule has 5 N–H and O–H groups in total. The normalized spacial score (nSPS) is 22.9. The summed E-state index contributed by atoms with van der Waals surface area (Å²) < 4.78 is 4.98. The number of H-pyrrole nitrogens is 1. The standard InChI is InChI=1S/C14H18N4O2/c15-9-6-4-8(5-7-9)13-17-10-2-1-3-11(12(10)18-13)20-14(16)19/h1-3,8-9H,4-7,15H2,(H2,16,19)(H,17,18)/t8-,9+. The maximum atomic E-state index is 10.9. The summed E-state index contributed by atoms with van der Waals surface area (Å²) in [6.45, 7) is 0. The Balaban J connectivity index is 1.92. The molecule has 2 aromatic rings. The lowest BCUT2D eigenvalue weighted by Gasteiger charge is -2.24. The SMILES string of the molecule is NC(=O)Oc1cccc2[nH]c([C@H]3CC[C@@H](N)CC3)nc12. The molecule has 6 nitrogen and oxygen atoms in total. The Morgan fingerprint density at radius 3 is 2.75 bits per heavy atom. The topological polar surface area (TPSA) is 107 Å². The first-order chi connectivity index (χ1) is 9.63. The van der Waals surface area contributed by atoms with Crippen LogP contribution in [0.4, 0.5) is 4.79 Å². The fourth-order valence-corrected chi connectivity index (χ4v) is 2.80. The molecule has 1 amide bonds. The predicted octanol–water partition coefficient (Wildman–Crippen LogP) is 2.01. The van der Waals surface area contributed by atoms with E-state index in [1.807, 2.05) is 6.07 Å². The van der Waals surface area contributed by atoms with E-state index in [9.17, 15) is 4.79 Å². The molecule has 0 radical (unpaired) electrons. The molecule has 1 aliphatic rings. The van der Waals surface area contributed by atoms with Gasteiger partial charge in [0.2, 0.25) is 0 Å². The van der Waals surface area contributed by atoms with E-state index in [1.165, 1.54) is 0 Å². The summed E-state index contributed by atoms with van der Waals surface area (Å²) in [5.74, 6) is 1.72. The Bertz CT molecular complexity index is 629. The molecule has 1 fully saturated rings. The van der Waals surface area contributed by atoms with Crippen molar-refractivity contribution in [3.8, 4) is 5.75 Å². The summed E-state index contributed by atoms with van der Waals surface area (Å²) in [7, 11) is 0. The van der Waals surface area contributed by atoms with Crippen LogP contribution >= 0.6 is 0 Å². The second kappa shape index (κ2) is 5.13. The number of ether oxygens (including phenoxy) is 1. The van der Waals surface area contributed by atoms with Crippen molar-refractivity contribution in [3.63, 3.8) is 0 Å². The number of hydrogen-bond acceptors (Lipinski definition) is 4. The number of nitrogens with one attached hydrogen (secondary N) is 1. The minimum Gasteiger partial charge on any atom is -0.408 e. The van der Waals surface area contributed by atoms with Gasteiger partial charge in [-0.2, -0.15) is 0 Å². The van der Waals surface area contributed by atoms with Gasteiger partial charge < -0.3 is 21.2 Å². The maximum absolute atomic E-state index is 10.9. The van der Waals surface area contributed by atoms with Gasteiger partial charge in [0, 0.05) is 12.0 Å². The molecule has 1 saturated carbocycles. The zero-order valence-corrected chi connectivity index (χ0v) is 11.1. The number of primary amides is 1. The highest BCUT2D eigenvalue weighted by Gasteiger charge is 2.23. The van der Waals surface area contributed by atoms with Crippen LogP contribution < -0.4 is 16.2 Å². The molecule has 1 aliphatic carbocycles. The minimum absolute atomic E-state index is 0.310. The van der Waals surface area contributed by atoms with Crippen molar-refractivity contribution in [2.24, 2.45) is 11.5 Å². The molecule has 6 heteroatoms. The summed E-state index contributed by atoms with van der Waals surface area (Å²) in [5, 5.41) is 0. The first-order valence-corrected chi connectivity index (χ1v) is 6.85. The zero-order valence-electron chi connectivity index (χ0n) is 11.1. The Morgan fingerprint density at radius 2 is 2.05 bits per heavy atom. The second-order valence-electron chi connectivity index (χ2n) is 5.31. The van der Waals surface area contributed by atoms with Crippen LogP contribution in [0.2, 0.25) is 0 Å². The van der Waals surface area contributed by atoms with E-state index in [4.69, 9.17) is 16.2 Å².